The molecule has 1 amide bonds. The Morgan fingerprint density at radius 3 is 2.59 bits per heavy atom. The van der Waals surface area contributed by atoms with Crippen molar-refractivity contribution in [3.05, 3.63) is 48.2 Å². The highest BCUT2D eigenvalue weighted by Crippen LogP contribution is 2.22. The summed E-state index contributed by atoms with van der Waals surface area (Å²) in [5.41, 5.74) is 2.55. The zero-order valence-electron chi connectivity index (χ0n) is 15.5. The average molecular weight is 366 g/mol. The van der Waals surface area contributed by atoms with E-state index >= 15 is 0 Å². The summed E-state index contributed by atoms with van der Waals surface area (Å²) in [6.45, 7) is 3.83. The summed E-state index contributed by atoms with van der Waals surface area (Å²) in [5.74, 6) is 0.610. The third-order valence-corrected chi connectivity index (χ3v) is 5.16. The van der Waals surface area contributed by atoms with E-state index in [4.69, 9.17) is 4.74 Å². The monoisotopic (exact) mass is 366 g/mol. The molecule has 2 fully saturated rings. The molecule has 4 rings (SSSR count). The molecule has 2 saturated heterocycles. The number of ether oxygens (including phenoxy) is 1. The van der Waals surface area contributed by atoms with E-state index in [1.54, 1.807) is 12.3 Å². The van der Waals surface area contributed by atoms with Crippen molar-refractivity contribution in [3.8, 4) is 0 Å². The molecule has 2 aliphatic rings. The summed E-state index contributed by atoms with van der Waals surface area (Å²) in [6, 6.07) is 11.7. The maximum atomic E-state index is 12.4. The fourth-order valence-electron chi connectivity index (χ4n) is 3.59. The summed E-state index contributed by atoms with van der Waals surface area (Å²) >= 11 is 0. The lowest BCUT2D eigenvalue weighted by molar-refractivity contribution is 0.102. The van der Waals surface area contributed by atoms with E-state index in [1.807, 2.05) is 18.2 Å². The van der Waals surface area contributed by atoms with Crippen LogP contribution in [-0.2, 0) is 4.74 Å². The number of rotatable bonds is 6. The van der Waals surface area contributed by atoms with Crippen LogP contribution < -0.4 is 15.5 Å². The van der Waals surface area contributed by atoms with Gasteiger partial charge in [-0.2, -0.15) is 0 Å². The van der Waals surface area contributed by atoms with Crippen LogP contribution in [0.3, 0.4) is 0 Å². The molecule has 1 unspecified atom stereocenters. The summed E-state index contributed by atoms with van der Waals surface area (Å²) in [5, 5.41) is 6.20. The number of carbonyl (C=O) groups is 1. The van der Waals surface area contributed by atoms with Gasteiger partial charge in [-0.3, -0.25) is 4.79 Å². The standard InChI is InChI=1S/C21H26N4O2/c26-21(24-17-6-8-18(9-7-17)25-11-1-2-12-25)16-5-10-20(22-14-16)23-15-19-4-3-13-27-19/h5-10,14,19H,1-4,11-13,15H2,(H,22,23)(H,24,26). The molecule has 1 atom stereocenters. The van der Waals surface area contributed by atoms with Crippen LogP contribution in [0.15, 0.2) is 42.6 Å². The molecule has 0 bridgehead atoms. The second kappa shape index (κ2) is 8.39. The van der Waals surface area contributed by atoms with Crippen LogP contribution in [-0.4, -0.2) is 43.2 Å². The fraction of sp³-hybridized carbons (Fsp3) is 0.429. The molecule has 0 spiro atoms. The van der Waals surface area contributed by atoms with Crippen LogP contribution in [0.2, 0.25) is 0 Å². The molecule has 0 radical (unpaired) electrons. The van der Waals surface area contributed by atoms with Gasteiger partial charge >= 0.3 is 0 Å². The van der Waals surface area contributed by atoms with Crippen LogP contribution in [0.5, 0.6) is 0 Å². The Hall–Kier alpha value is -2.60. The lowest BCUT2D eigenvalue weighted by atomic mass is 10.2. The molecular weight excluding hydrogens is 340 g/mol. The normalized spacial score (nSPS) is 19.3. The molecule has 2 N–H and O–H groups in total. The van der Waals surface area contributed by atoms with Gasteiger partial charge < -0.3 is 20.3 Å². The SMILES string of the molecule is O=C(Nc1ccc(N2CCCC2)cc1)c1ccc(NCC2CCCO2)nc1. The van der Waals surface area contributed by atoms with Gasteiger partial charge in [0, 0.05) is 43.8 Å². The number of amides is 1. The minimum atomic E-state index is -0.151. The molecule has 142 valence electrons. The zero-order chi connectivity index (χ0) is 18.5. The van der Waals surface area contributed by atoms with Crippen molar-refractivity contribution in [2.45, 2.75) is 31.8 Å². The highest BCUT2D eigenvalue weighted by Gasteiger charge is 2.15. The van der Waals surface area contributed by atoms with E-state index in [0.29, 0.717) is 5.56 Å². The molecule has 0 saturated carbocycles. The maximum absolute atomic E-state index is 12.4. The first-order chi connectivity index (χ1) is 13.3. The van der Waals surface area contributed by atoms with Crippen molar-refractivity contribution >= 4 is 23.1 Å². The van der Waals surface area contributed by atoms with E-state index in [2.05, 4.69) is 32.7 Å². The Bertz CT molecular complexity index is 749. The van der Waals surface area contributed by atoms with Gasteiger partial charge in [0.2, 0.25) is 0 Å². The van der Waals surface area contributed by atoms with E-state index < -0.39 is 0 Å². The number of hydrogen-bond acceptors (Lipinski definition) is 5. The summed E-state index contributed by atoms with van der Waals surface area (Å²) < 4.78 is 5.59. The van der Waals surface area contributed by atoms with Gasteiger partial charge in [0.25, 0.3) is 5.91 Å². The van der Waals surface area contributed by atoms with E-state index in [1.165, 1.54) is 18.5 Å². The molecule has 1 aromatic heterocycles. The zero-order valence-corrected chi connectivity index (χ0v) is 15.5. The van der Waals surface area contributed by atoms with Gasteiger partial charge in [-0.25, -0.2) is 4.98 Å². The predicted octanol–water partition coefficient (Wildman–Crippen LogP) is 3.53. The first-order valence-corrected chi connectivity index (χ1v) is 9.76. The Balaban J connectivity index is 1.30. The molecule has 6 nitrogen and oxygen atoms in total. The van der Waals surface area contributed by atoms with E-state index in [0.717, 1.165) is 50.6 Å². The number of pyridine rings is 1. The Kier molecular flexibility index (Phi) is 5.53. The van der Waals surface area contributed by atoms with Gasteiger partial charge in [0.1, 0.15) is 5.82 Å². The minimum absolute atomic E-state index is 0.151. The molecule has 1 aromatic carbocycles. The van der Waals surface area contributed by atoms with Gasteiger partial charge in [0.15, 0.2) is 0 Å². The molecule has 0 aliphatic carbocycles. The molecular formula is C21H26N4O2. The van der Waals surface area contributed by atoms with Crippen LogP contribution in [0, 0.1) is 0 Å². The van der Waals surface area contributed by atoms with Crippen molar-refractivity contribution in [1.82, 2.24) is 4.98 Å². The Morgan fingerprint density at radius 2 is 1.93 bits per heavy atom. The van der Waals surface area contributed by atoms with E-state index in [9.17, 15) is 4.79 Å². The molecule has 6 heteroatoms. The van der Waals surface area contributed by atoms with Crippen molar-refractivity contribution in [1.29, 1.82) is 0 Å². The van der Waals surface area contributed by atoms with E-state index in [-0.39, 0.29) is 12.0 Å². The van der Waals surface area contributed by atoms with Crippen LogP contribution in [0.1, 0.15) is 36.0 Å². The number of hydrogen-bond donors (Lipinski definition) is 2. The third kappa shape index (κ3) is 4.57. The predicted molar refractivity (Wildman–Crippen MR) is 108 cm³/mol. The molecule has 2 aromatic rings. The second-order valence-corrected chi connectivity index (χ2v) is 7.14. The number of anilines is 3. The number of benzene rings is 1. The number of aromatic nitrogens is 1. The van der Waals surface area contributed by atoms with Crippen LogP contribution >= 0.6 is 0 Å². The molecule has 3 heterocycles. The first kappa shape index (κ1) is 17.8. The lowest BCUT2D eigenvalue weighted by Crippen LogP contribution is -2.19. The van der Waals surface area contributed by atoms with Crippen LogP contribution in [0.25, 0.3) is 0 Å². The third-order valence-electron chi connectivity index (χ3n) is 5.16. The minimum Gasteiger partial charge on any atom is -0.376 e. The van der Waals surface area contributed by atoms with Gasteiger partial charge in [-0.15, -0.1) is 0 Å². The quantitative estimate of drug-likeness (QED) is 0.819. The van der Waals surface area contributed by atoms with Crippen molar-refractivity contribution < 1.29 is 9.53 Å². The smallest absolute Gasteiger partial charge is 0.257 e. The topological polar surface area (TPSA) is 66.5 Å². The van der Waals surface area contributed by atoms with Crippen molar-refractivity contribution in [2.24, 2.45) is 0 Å². The fourth-order valence-corrected chi connectivity index (χ4v) is 3.59. The van der Waals surface area contributed by atoms with Gasteiger partial charge in [-0.05, 0) is 62.1 Å². The average Bonchev–Trinajstić information content (AvgIpc) is 3.41. The Labute approximate surface area is 159 Å². The Morgan fingerprint density at radius 1 is 1.11 bits per heavy atom. The second-order valence-electron chi connectivity index (χ2n) is 7.14. The highest BCUT2D eigenvalue weighted by molar-refractivity contribution is 6.04. The molecule has 27 heavy (non-hydrogen) atoms. The van der Waals surface area contributed by atoms with Gasteiger partial charge in [-0.1, -0.05) is 0 Å². The summed E-state index contributed by atoms with van der Waals surface area (Å²) in [4.78, 5) is 19.1. The maximum Gasteiger partial charge on any atom is 0.257 e. The van der Waals surface area contributed by atoms with Crippen molar-refractivity contribution in [2.75, 3.05) is 41.8 Å². The highest BCUT2D eigenvalue weighted by atomic mass is 16.5. The first-order valence-electron chi connectivity index (χ1n) is 9.76. The molecule has 2 aliphatic heterocycles. The largest absolute Gasteiger partial charge is 0.376 e. The number of carbonyl (C=O) groups excluding carboxylic acids is 1. The van der Waals surface area contributed by atoms with Gasteiger partial charge in [0.05, 0.1) is 11.7 Å². The van der Waals surface area contributed by atoms with Crippen molar-refractivity contribution in [3.63, 3.8) is 0 Å². The van der Waals surface area contributed by atoms with Crippen LogP contribution in [0.4, 0.5) is 17.2 Å². The number of nitrogens with one attached hydrogen (secondary N) is 2. The summed E-state index contributed by atoms with van der Waals surface area (Å²) in [6.07, 6.45) is 6.58. The number of nitrogens with zero attached hydrogens (tertiary/aromatic N) is 2. The summed E-state index contributed by atoms with van der Waals surface area (Å²) in [7, 11) is 0. The lowest BCUT2D eigenvalue weighted by Gasteiger charge is -2.17.